The number of likely N-dealkylation sites (N-methyl/N-ethyl adjacent to an activating group) is 1. The number of ether oxygens (including phenoxy) is 1. The summed E-state index contributed by atoms with van der Waals surface area (Å²) in [6.07, 6.45) is 1.16. The molecule has 1 aromatic carbocycles. The fourth-order valence-corrected chi connectivity index (χ4v) is 2.25. The van der Waals surface area contributed by atoms with Crippen molar-refractivity contribution in [1.29, 1.82) is 0 Å². The fraction of sp³-hybridized carbons (Fsp3) is 0.538. The normalized spacial score (nSPS) is 20.6. The predicted octanol–water partition coefficient (Wildman–Crippen LogP) is 2.08. The van der Waals surface area contributed by atoms with Gasteiger partial charge in [0.2, 0.25) is 0 Å². The highest BCUT2D eigenvalue weighted by molar-refractivity contribution is 5.27. The number of benzene rings is 1. The topological polar surface area (TPSA) is 24.5 Å². The van der Waals surface area contributed by atoms with Crippen LogP contribution in [0.15, 0.2) is 24.3 Å². The average Bonchev–Trinajstić information content (AvgIpc) is 2.79. The molecular formula is C13H18F2N2O. The Kier molecular flexibility index (Phi) is 4.49. The molecular weight excluding hydrogens is 238 g/mol. The van der Waals surface area contributed by atoms with Crippen molar-refractivity contribution in [3.8, 4) is 5.75 Å². The number of rotatable bonds is 5. The molecule has 0 spiro atoms. The lowest BCUT2D eigenvalue weighted by Crippen LogP contribution is -2.29. The highest BCUT2D eigenvalue weighted by Crippen LogP contribution is 2.18. The van der Waals surface area contributed by atoms with Crippen LogP contribution in [0.5, 0.6) is 5.75 Å². The van der Waals surface area contributed by atoms with E-state index >= 15 is 0 Å². The number of alkyl halides is 2. The standard InChI is InChI=1S/C13H18F2N2O/c1-16-11-6-7-17(9-11)8-10-2-4-12(5-3-10)18-13(14)15/h2-5,11,13,16H,6-9H2,1H3. The number of nitrogens with one attached hydrogen (secondary N) is 1. The summed E-state index contributed by atoms with van der Waals surface area (Å²) >= 11 is 0. The molecule has 1 saturated heterocycles. The van der Waals surface area contributed by atoms with E-state index in [0.717, 1.165) is 31.6 Å². The zero-order valence-corrected chi connectivity index (χ0v) is 10.4. The summed E-state index contributed by atoms with van der Waals surface area (Å²) in [4.78, 5) is 2.35. The van der Waals surface area contributed by atoms with Gasteiger partial charge >= 0.3 is 6.61 Å². The largest absolute Gasteiger partial charge is 0.435 e. The van der Waals surface area contributed by atoms with Crippen LogP contribution in [0.3, 0.4) is 0 Å². The van der Waals surface area contributed by atoms with Crippen LogP contribution in [0.25, 0.3) is 0 Å². The van der Waals surface area contributed by atoms with Gasteiger partial charge in [0.1, 0.15) is 5.75 Å². The van der Waals surface area contributed by atoms with Gasteiger partial charge < -0.3 is 10.1 Å². The van der Waals surface area contributed by atoms with Crippen LogP contribution < -0.4 is 10.1 Å². The molecule has 5 heteroatoms. The number of halogens is 2. The van der Waals surface area contributed by atoms with Gasteiger partial charge in [0.15, 0.2) is 0 Å². The molecule has 0 saturated carbocycles. The summed E-state index contributed by atoms with van der Waals surface area (Å²) < 4.78 is 28.3. The van der Waals surface area contributed by atoms with Crippen molar-refractivity contribution in [1.82, 2.24) is 10.2 Å². The van der Waals surface area contributed by atoms with Crippen molar-refractivity contribution in [3.05, 3.63) is 29.8 Å². The maximum atomic E-state index is 12.0. The van der Waals surface area contributed by atoms with Gasteiger partial charge in [-0.15, -0.1) is 0 Å². The molecule has 0 aromatic heterocycles. The van der Waals surface area contributed by atoms with Gasteiger partial charge in [-0.05, 0) is 31.2 Å². The maximum Gasteiger partial charge on any atom is 0.387 e. The fourth-order valence-electron chi connectivity index (χ4n) is 2.25. The Morgan fingerprint density at radius 1 is 1.39 bits per heavy atom. The van der Waals surface area contributed by atoms with Gasteiger partial charge in [0.05, 0.1) is 0 Å². The quantitative estimate of drug-likeness (QED) is 0.873. The summed E-state index contributed by atoms with van der Waals surface area (Å²) in [5.74, 6) is 0.211. The van der Waals surface area contributed by atoms with E-state index < -0.39 is 6.61 Å². The van der Waals surface area contributed by atoms with Crippen LogP contribution in [-0.2, 0) is 6.54 Å². The minimum atomic E-state index is -2.76. The van der Waals surface area contributed by atoms with Crippen LogP contribution in [-0.4, -0.2) is 37.7 Å². The van der Waals surface area contributed by atoms with E-state index in [-0.39, 0.29) is 5.75 Å². The minimum Gasteiger partial charge on any atom is -0.435 e. The Bertz CT molecular complexity index is 370. The third-order valence-electron chi connectivity index (χ3n) is 3.24. The second-order valence-electron chi connectivity index (χ2n) is 4.53. The van der Waals surface area contributed by atoms with Crippen LogP contribution in [0.1, 0.15) is 12.0 Å². The van der Waals surface area contributed by atoms with Gasteiger partial charge in [-0.2, -0.15) is 8.78 Å². The highest BCUT2D eigenvalue weighted by atomic mass is 19.3. The van der Waals surface area contributed by atoms with Crippen LogP contribution >= 0.6 is 0 Å². The lowest BCUT2D eigenvalue weighted by molar-refractivity contribution is -0.0498. The first-order valence-corrected chi connectivity index (χ1v) is 6.11. The summed E-state index contributed by atoms with van der Waals surface area (Å²) in [6.45, 7) is 0.200. The third-order valence-corrected chi connectivity index (χ3v) is 3.24. The van der Waals surface area contributed by atoms with Crippen molar-refractivity contribution in [2.45, 2.75) is 25.6 Å². The van der Waals surface area contributed by atoms with E-state index in [4.69, 9.17) is 0 Å². The first-order chi connectivity index (χ1) is 8.67. The molecule has 1 aliphatic rings. The highest BCUT2D eigenvalue weighted by Gasteiger charge is 2.20. The first-order valence-electron chi connectivity index (χ1n) is 6.11. The lowest BCUT2D eigenvalue weighted by atomic mass is 10.2. The second kappa shape index (κ2) is 6.11. The van der Waals surface area contributed by atoms with Gasteiger partial charge in [-0.25, -0.2) is 0 Å². The Morgan fingerprint density at radius 3 is 2.67 bits per heavy atom. The molecule has 1 atom stereocenters. The van der Waals surface area contributed by atoms with E-state index in [0.29, 0.717) is 6.04 Å². The molecule has 0 radical (unpaired) electrons. The van der Waals surface area contributed by atoms with Crippen LogP contribution in [0.4, 0.5) is 8.78 Å². The molecule has 18 heavy (non-hydrogen) atoms. The predicted molar refractivity (Wildman–Crippen MR) is 65.8 cm³/mol. The lowest BCUT2D eigenvalue weighted by Gasteiger charge is -2.16. The molecule has 1 N–H and O–H groups in total. The van der Waals surface area contributed by atoms with E-state index in [1.807, 2.05) is 19.2 Å². The number of hydrogen-bond donors (Lipinski definition) is 1. The van der Waals surface area contributed by atoms with Crippen molar-refractivity contribution in [3.63, 3.8) is 0 Å². The van der Waals surface area contributed by atoms with E-state index in [1.54, 1.807) is 12.1 Å². The van der Waals surface area contributed by atoms with E-state index in [2.05, 4.69) is 15.0 Å². The van der Waals surface area contributed by atoms with Crippen molar-refractivity contribution >= 4 is 0 Å². The van der Waals surface area contributed by atoms with Crippen LogP contribution in [0, 0.1) is 0 Å². The van der Waals surface area contributed by atoms with Gasteiger partial charge in [-0.3, -0.25) is 4.90 Å². The summed E-state index contributed by atoms with van der Waals surface area (Å²) in [6, 6.07) is 7.42. The van der Waals surface area contributed by atoms with E-state index in [1.165, 1.54) is 0 Å². The molecule has 1 unspecified atom stereocenters. The molecule has 1 aliphatic heterocycles. The SMILES string of the molecule is CNC1CCN(Cc2ccc(OC(F)F)cc2)C1. The summed E-state index contributed by atoms with van der Waals surface area (Å²) in [5, 5.41) is 3.27. The molecule has 2 rings (SSSR count). The molecule has 1 aromatic rings. The molecule has 1 fully saturated rings. The molecule has 1 heterocycles. The van der Waals surface area contributed by atoms with Gasteiger partial charge in [-0.1, -0.05) is 12.1 Å². The van der Waals surface area contributed by atoms with E-state index in [9.17, 15) is 8.78 Å². The Labute approximate surface area is 106 Å². The Morgan fingerprint density at radius 2 is 2.11 bits per heavy atom. The van der Waals surface area contributed by atoms with Crippen molar-refractivity contribution in [2.24, 2.45) is 0 Å². The van der Waals surface area contributed by atoms with Gasteiger partial charge in [0, 0.05) is 25.7 Å². The molecule has 3 nitrogen and oxygen atoms in total. The van der Waals surface area contributed by atoms with Gasteiger partial charge in [0.25, 0.3) is 0 Å². The Hall–Kier alpha value is -1.20. The smallest absolute Gasteiger partial charge is 0.387 e. The van der Waals surface area contributed by atoms with Crippen molar-refractivity contribution < 1.29 is 13.5 Å². The zero-order chi connectivity index (χ0) is 13.0. The summed E-state index contributed by atoms with van der Waals surface area (Å²) in [5.41, 5.74) is 1.12. The average molecular weight is 256 g/mol. The molecule has 0 amide bonds. The number of likely N-dealkylation sites (tertiary alicyclic amines) is 1. The number of nitrogens with zero attached hydrogens (tertiary/aromatic N) is 1. The molecule has 100 valence electrons. The second-order valence-corrected chi connectivity index (χ2v) is 4.53. The zero-order valence-electron chi connectivity index (χ0n) is 10.4. The minimum absolute atomic E-state index is 0.211. The Balaban J connectivity index is 1.87. The maximum absolute atomic E-state index is 12.0. The first kappa shape index (κ1) is 13.2. The monoisotopic (exact) mass is 256 g/mol. The summed E-state index contributed by atoms with van der Waals surface area (Å²) in [7, 11) is 1.98. The molecule has 0 aliphatic carbocycles. The van der Waals surface area contributed by atoms with Crippen LogP contribution in [0.2, 0.25) is 0 Å². The number of hydrogen-bond acceptors (Lipinski definition) is 3. The third kappa shape index (κ3) is 3.65. The molecule has 0 bridgehead atoms. The van der Waals surface area contributed by atoms with Crippen molar-refractivity contribution in [2.75, 3.05) is 20.1 Å².